The summed E-state index contributed by atoms with van der Waals surface area (Å²) in [6.07, 6.45) is 0. The Hall–Kier alpha value is -1.94. The Kier molecular flexibility index (Phi) is 5.37. The Morgan fingerprint density at radius 2 is 1.78 bits per heavy atom. The van der Waals surface area contributed by atoms with Gasteiger partial charge in [0.2, 0.25) is 0 Å². The molecule has 2 aromatic carbocycles. The van der Waals surface area contributed by atoms with Gasteiger partial charge in [0.25, 0.3) is 0 Å². The summed E-state index contributed by atoms with van der Waals surface area (Å²) in [5.74, 6) is 1.04. The van der Waals surface area contributed by atoms with Crippen LogP contribution in [0.5, 0.6) is 5.75 Å². The minimum absolute atomic E-state index is 0.0457. The minimum Gasteiger partial charge on any atom is -0.495 e. The highest BCUT2D eigenvalue weighted by Crippen LogP contribution is 2.28. The van der Waals surface area contributed by atoms with Gasteiger partial charge in [-0.2, -0.15) is 0 Å². The van der Waals surface area contributed by atoms with E-state index in [1.807, 2.05) is 51.1 Å². The van der Waals surface area contributed by atoms with Crippen LogP contribution in [0.4, 0.5) is 0 Å². The van der Waals surface area contributed by atoms with Crippen molar-refractivity contribution >= 4 is 16.6 Å². The molecule has 0 fully saturated rings. The zero-order valence-corrected chi connectivity index (χ0v) is 15.0. The van der Waals surface area contributed by atoms with E-state index in [1.54, 1.807) is 14.0 Å². The van der Waals surface area contributed by atoms with Crippen LogP contribution in [0.3, 0.4) is 0 Å². The van der Waals surface area contributed by atoms with E-state index >= 15 is 0 Å². The van der Waals surface area contributed by atoms with Crippen molar-refractivity contribution in [1.29, 1.82) is 0 Å². The molecule has 0 aliphatic rings. The fraction of sp³-hybridized carbons (Fsp3) is 0.316. The van der Waals surface area contributed by atoms with Crippen LogP contribution in [-0.4, -0.2) is 17.1 Å². The third-order valence-electron chi connectivity index (χ3n) is 4.07. The number of para-hydroxylation sites is 1. The maximum Gasteiger partial charge on any atom is 0.160 e. The molecule has 0 bridgehead atoms. The van der Waals surface area contributed by atoms with E-state index in [2.05, 4.69) is 0 Å². The van der Waals surface area contributed by atoms with Gasteiger partial charge in [0.1, 0.15) is 5.75 Å². The molecule has 2 aromatic rings. The number of ketones is 1. The Morgan fingerprint density at radius 1 is 1.13 bits per heavy atom. The molecule has 0 heterocycles. The first-order chi connectivity index (χ1) is 10.9. The van der Waals surface area contributed by atoms with E-state index in [0.717, 1.165) is 27.8 Å². The number of benzene rings is 2. The number of hydrogen-bond donors (Lipinski definition) is 0. The zero-order chi connectivity index (χ0) is 17.1. The number of carbonyl (C=O) groups excluding carboxylic acids is 1. The largest absolute Gasteiger partial charge is 0.495 e. The monoisotopic (exact) mass is 330 g/mol. The van der Waals surface area contributed by atoms with Crippen molar-refractivity contribution in [3.63, 3.8) is 0 Å². The lowest BCUT2D eigenvalue weighted by Crippen LogP contribution is -2.08. The standard InChI is InChI=1S/C19H22O3S/c1-12-10-13(2)19(15(4)20)14(3)16(12)11-23(21)18-9-7-6-8-17(18)22-5/h6-10H,11H2,1-5H3/t23-/m0/s1. The van der Waals surface area contributed by atoms with Crippen LogP contribution in [0, 0.1) is 20.8 Å². The van der Waals surface area contributed by atoms with Gasteiger partial charge in [-0.1, -0.05) is 18.2 Å². The number of rotatable bonds is 5. The molecular weight excluding hydrogens is 308 g/mol. The van der Waals surface area contributed by atoms with Crippen molar-refractivity contribution in [2.24, 2.45) is 0 Å². The quantitative estimate of drug-likeness (QED) is 0.774. The van der Waals surface area contributed by atoms with Crippen LogP contribution in [0.1, 0.15) is 39.5 Å². The summed E-state index contributed by atoms with van der Waals surface area (Å²) < 4.78 is 18.1. The van der Waals surface area contributed by atoms with E-state index < -0.39 is 10.8 Å². The summed E-state index contributed by atoms with van der Waals surface area (Å²) >= 11 is 0. The second-order valence-electron chi connectivity index (χ2n) is 5.69. The molecule has 0 saturated carbocycles. The van der Waals surface area contributed by atoms with Gasteiger partial charge < -0.3 is 4.74 Å². The summed E-state index contributed by atoms with van der Waals surface area (Å²) in [6, 6.07) is 9.34. The number of hydrogen-bond acceptors (Lipinski definition) is 3. The van der Waals surface area contributed by atoms with Gasteiger partial charge in [0, 0.05) is 5.56 Å². The predicted molar refractivity (Wildman–Crippen MR) is 93.8 cm³/mol. The number of Topliss-reactive ketones (excluding diaryl/α,β-unsaturated/α-hetero) is 1. The van der Waals surface area contributed by atoms with Crippen molar-refractivity contribution in [2.45, 2.75) is 38.3 Å². The Labute approximate surface area is 140 Å². The molecular formula is C19H22O3S. The molecule has 0 radical (unpaired) electrons. The second-order valence-corrected chi connectivity index (χ2v) is 7.11. The summed E-state index contributed by atoms with van der Waals surface area (Å²) in [6.45, 7) is 7.45. The fourth-order valence-electron chi connectivity index (χ4n) is 3.01. The normalized spacial score (nSPS) is 12.0. The van der Waals surface area contributed by atoms with Crippen LogP contribution in [-0.2, 0) is 16.6 Å². The molecule has 0 spiro atoms. The Bertz CT molecular complexity index is 778. The number of methoxy groups -OCH3 is 1. The van der Waals surface area contributed by atoms with Gasteiger partial charge in [-0.3, -0.25) is 9.00 Å². The van der Waals surface area contributed by atoms with Crippen molar-refractivity contribution in [2.75, 3.05) is 7.11 Å². The molecule has 2 rings (SSSR count). The van der Waals surface area contributed by atoms with Gasteiger partial charge >= 0.3 is 0 Å². The lowest BCUT2D eigenvalue weighted by Gasteiger charge is -2.16. The van der Waals surface area contributed by atoms with Gasteiger partial charge in [-0.05, 0) is 62.1 Å². The average molecular weight is 330 g/mol. The molecule has 0 amide bonds. The van der Waals surface area contributed by atoms with Gasteiger partial charge in [0.15, 0.2) is 5.78 Å². The third-order valence-corrected chi connectivity index (χ3v) is 5.45. The van der Waals surface area contributed by atoms with E-state index in [0.29, 0.717) is 16.4 Å². The minimum atomic E-state index is -1.23. The SMILES string of the molecule is COc1ccccc1[S@@](=O)Cc1c(C)cc(C)c(C(C)=O)c1C. The van der Waals surface area contributed by atoms with Crippen molar-refractivity contribution < 1.29 is 13.7 Å². The van der Waals surface area contributed by atoms with Crippen molar-refractivity contribution in [3.05, 3.63) is 58.1 Å². The zero-order valence-electron chi connectivity index (χ0n) is 14.2. The lowest BCUT2D eigenvalue weighted by atomic mass is 9.92. The smallest absolute Gasteiger partial charge is 0.160 e. The highest BCUT2D eigenvalue weighted by Gasteiger charge is 2.18. The second kappa shape index (κ2) is 7.09. The van der Waals surface area contributed by atoms with Crippen LogP contribution < -0.4 is 4.74 Å². The first-order valence-corrected chi connectivity index (χ1v) is 8.80. The molecule has 0 saturated heterocycles. The van der Waals surface area contributed by atoms with Gasteiger partial charge in [-0.15, -0.1) is 0 Å². The van der Waals surface area contributed by atoms with Crippen LogP contribution in [0.15, 0.2) is 35.2 Å². The maximum atomic E-state index is 12.8. The summed E-state index contributed by atoms with van der Waals surface area (Å²) in [5, 5.41) is 0. The molecule has 1 atom stereocenters. The third kappa shape index (κ3) is 3.53. The molecule has 0 unspecified atom stereocenters. The maximum absolute atomic E-state index is 12.8. The van der Waals surface area contributed by atoms with Crippen LogP contribution in [0.2, 0.25) is 0 Å². The molecule has 122 valence electrons. The predicted octanol–water partition coefficient (Wildman–Crippen LogP) is 4.13. The van der Waals surface area contributed by atoms with Crippen LogP contribution in [0.25, 0.3) is 0 Å². The van der Waals surface area contributed by atoms with Crippen molar-refractivity contribution in [1.82, 2.24) is 0 Å². The molecule has 23 heavy (non-hydrogen) atoms. The Balaban J connectivity index is 2.46. The molecule has 0 aliphatic carbocycles. The molecule has 3 nitrogen and oxygen atoms in total. The van der Waals surface area contributed by atoms with E-state index in [-0.39, 0.29) is 5.78 Å². The lowest BCUT2D eigenvalue weighted by molar-refractivity contribution is 0.101. The van der Waals surface area contributed by atoms with E-state index in [1.165, 1.54) is 0 Å². The highest BCUT2D eigenvalue weighted by molar-refractivity contribution is 7.84. The molecule has 0 aromatic heterocycles. The summed E-state index contributed by atoms with van der Waals surface area (Å²) in [7, 11) is 0.345. The number of aryl methyl sites for hydroxylation is 2. The first kappa shape index (κ1) is 17.4. The van der Waals surface area contributed by atoms with Crippen LogP contribution >= 0.6 is 0 Å². The fourth-order valence-corrected chi connectivity index (χ4v) is 4.47. The van der Waals surface area contributed by atoms with E-state index in [4.69, 9.17) is 4.74 Å². The average Bonchev–Trinajstić information content (AvgIpc) is 2.50. The first-order valence-electron chi connectivity index (χ1n) is 7.48. The topological polar surface area (TPSA) is 43.4 Å². The van der Waals surface area contributed by atoms with E-state index in [9.17, 15) is 9.00 Å². The van der Waals surface area contributed by atoms with Gasteiger partial charge in [-0.25, -0.2) is 0 Å². The highest BCUT2D eigenvalue weighted by atomic mass is 32.2. The summed E-state index contributed by atoms with van der Waals surface area (Å²) in [4.78, 5) is 12.6. The summed E-state index contributed by atoms with van der Waals surface area (Å²) in [5.41, 5.74) is 4.68. The van der Waals surface area contributed by atoms with Crippen molar-refractivity contribution in [3.8, 4) is 5.75 Å². The Morgan fingerprint density at radius 3 is 2.39 bits per heavy atom. The van der Waals surface area contributed by atoms with Gasteiger partial charge in [0.05, 0.1) is 28.6 Å². The molecule has 0 N–H and O–H groups in total. The number of carbonyl (C=O) groups is 1. The molecule has 4 heteroatoms. The molecule has 0 aliphatic heterocycles. The number of ether oxygens (including phenoxy) is 1.